The lowest BCUT2D eigenvalue weighted by Crippen LogP contribution is -2.07. The van der Waals surface area contributed by atoms with Gasteiger partial charge in [0.2, 0.25) is 11.7 Å². The molecule has 0 atom stereocenters. The molecule has 0 saturated heterocycles. The first-order valence-corrected chi connectivity index (χ1v) is 11.2. The molecule has 8 heteroatoms. The average molecular weight is 436 g/mol. The van der Waals surface area contributed by atoms with Gasteiger partial charge in [0.15, 0.2) is 11.0 Å². The summed E-state index contributed by atoms with van der Waals surface area (Å²) in [6.07, 6.45) is 1.00. The summed E-state index contributed by atoms with van der Waals surface area (Å²) in [5.74, 6) is 2.49. The highest BCUT2D eigenvalue weighted by Crippen LogP contribution is 2.27. The molecular formula is C23H25N5O2S. The van der Waals surface area contributed by atoms with Crippen LogP contribution in [0.2, 0.25) is 0 Å². The summed E-state index contributed by atoms with van der Waals surface area (Å²) in [5.41, 5.74) is 4.44. The van der Waals surface area contributed by atoms with Gasteiger partial charge in [-0.3, -0.25) is 4.57 Å². The zero-order chi connectivity index (χ0) is 21.6. The molecule has 4 rings (SSSR count). The second-order valence-electron chi connectivity index (χ2n) is 7.17. The Morgan fingerprint density at radius 1 is 1.06 bits per heavy atom. The molecule has 4 aromatic rings. The van der Waals surface area contributed by atoms with Crippen LogP contribution in [0.5, 0.6) is 0 Å². The number of benzene rings is 2. The number of methoxy groups -OCH3 is 1. The van der Waals surface area contributed by atoms with Crippen LogP contribution in [0.25, 0.3) is 22.8 Å². The minimum absolute atomic E-state index is 0.513. The summed E-state index contributed by atoms with van der Waals surface area (Å²) in [5, 5.41) is 13.8. The average Bonchev–Trinajstić information content (AvgIpc) is 3.43. The van der Waals surface area contributed by atoms with E-state index in [1.807, 2.05) is 24.3 Å². The van der Waals surface area contributed by atoms with Crippen molar-refractivity contribution < 1.29 is 9.26 Å². The van der Waals surface area contributed by atoms with Gasteiger partial charge in [0.25, 0.3) is 0 Å². The van der Waals surface area contributed by atoms with Crippen LogP contribution in [0.3, 0.4) is 0 Å². The first-order valence-electron chi connectivity index (χ1n) is 10.2. The lowest BCUT2D eigenvalue weighted by atomic mass is 10.1. The van der Waals surface area contributed by atoms with E-state index in [1.165, 1.54) is 22.9 Å². The Morgan fingerprint density at radius 2 is 1.90 bits per heavy atom. The zero-order valence-electron chi connectivity index (χ0n) is 17.9. The van der Waals surface area contributed by atoms with E-state index in [-0.39, 0.29) is 0 Å². The van der Waals surface area contributed by atoms with Gasteiger partial charge < -0.3 is 9.26 Å². The van der Waals surface area contributed by atoms with Gasteiger partial charge in [-0.25, -0.2) is 0 Å². The van der Waals surface area contributed by atoms with Gasteiger partial charge in [-0.05, 0) is 25.0 Å². The number of nitrogens with zero attached hydrogens (tertiary/aromatic N) is 5. The number of thioether (sulfide) groups is 1. The second kappa shape index (κ2) is 9.89. The summed E-state index contributed by atoms with van der Waals surface area (Å²) in [6, 6.07) is 16.5. The Balaban J connectivity index is 1.51. The van der Waals surface area contributed by atoms with Gasteiger partial charge in [0.05, 0.1) is 18.9 Å². The summed E-state index contributed by atoms with van der Waals surface area (Å²) in [7, 11) is 1.69. The van der Waals surface area contributed by atoms with Crippen molar-refractivity contribution in [2.45, 2.75) is 37.7 Å². The molecule has 31 heavy (non-hydrogen) atoms. The van der Waals surface area contributed by atoms with Crippen molar-refractivity contribution in [1.29, 1.82) is 0 Å². The molecular weight excluding hydrogens is 410 g/mol. The molecule has 2 heterocycles. The summed E-state index contributed by atoms with van der Waals surface area (Å²) >= 11 is 1.52. The molecule has 0 fully saturated rings. The molecule has 0 bridgehead atoms. The number of aromatic nitrogens is 5. The quantitative estimate of drug-likeness (QED) is 0.349. The van der Waals surface area contributed by atoms with Gasteiger partial charge >= 0.3 is 0 Å². The molecule has 0 amide bonds. The summed E-state index contributed by atoms with van der Waals surface area (Å²) in [6.45, 7) is 5.43. The van der Waals surface area contributed by atoms with E-state index in [0.717, 1.165) is 28.5 Å². The first kappa shape index (κ1) is 21.3. The number of hydrogen-bond acceptors (Lipinski definition) is 7. The van der Waals surface area contributed by atoms with Crippen LogP contribution in [0.15, 0.2) is 58.2 Å². The fourth-order valence-corrected chi connectivity index (χ4v) is 4.03. The minimum Gasteiger partial charge on any atom is -0.383 e. The van der Waals surface area contributed by atoms with Gasteiger partial charge in [-0.15, -0.1) is 10.2 Å². The van der Waals surface area contributed by atoms with Gasteiger partial charge in [0.1, 0.15) is 0 Å². The Hall–Kier alpha value is -2.97. The minimum atomic E-state index is 0.513. The summed E-state index contributed by atoms with van der Waals surface area (Å²) < 4.78 is 12.8. The highest BCUT2D eigenvalue weighted by Gasteiger charge is 2.16. The maximum Gasteiger partial charge on any atom is 0.237 e. The largest absolute Gasteiger partial charge is 0.383 e. The number of rotatable bonds is 9. The van der Waals surface area contributed by atoms with Crippen molar-refractivity contribution >= 4 is 11.8 Å². The van der Waals surface area contributed by atoms with E-state index in [1.54, 1.807) is 7.11 Å². The van der Waals surface area contributed by atoms with E-state index in [9.17, 15) is 0 Å². The Bertz CT molecular complexity index is 1140. The fourth-order valence-electron chi connectivity index (χ4n) is 3.22. The molecule has 0 radical (unpaired) electrons. The lowest BCUT2D eigenvalue weighted by Gasteiger charge is -2.09. The van der Waals surface area contributed by atoms with Crippen LogP contribution in [0.1, 0.15) is 23.9 Å². The van der Waals surface area contributed by atoms with E-state index < -0.39 is 0 Å². The highest BCUT2D eigenvalue weighted by molar-refractivity contribution is 7.98. The third-order valence-electron chi connectivity index (χ3n) is 4.93. The Kier molecular flexibility index (Phi) is 6.79. The third-order valence-corrected chi connectivity index (χ3v) is 5.88. The molecule has 2 aromatic heterocycles. The van der Waals surface area contributed by atoms with Crippen LogP contribution < -0.4 is 0 Å². The molecule has 160 valence electrons. The molecule has 0 aliphatic rings. The number of ether oxygens (including phenoxy) is 1. The highest BCUT2D eigenvalue weighted by atomic mass is 32.2. The van der Waals surface area contributed by atoms with E-state index in [2.05, 4.69) is 63.0 Å². The van der Waals surface area contributed by atoms with E-state index >= 15 is 0 Å². The first-order chi connectivity index (χ1) is 15.2. The van der Waals surface area contributed by atoms with Crippen LogP contribution >= 0.6 is 11.8 Å². The second-order valence-corrected chi connectivity index (χ2v) is 8.11. The van der Waals surface area contributed by atoms with Gasteiger partial charge in [0, 0.05) is 18.2 Å². The molecule has 0 spiro atoms. The smallest absolute Gasteiger partial charge is 0.237 e. The van der Waals surface area contributed by atoms with Crippen LogP contribution in [0, 0.1) is 6.92 Å². The monoisotopic (exact) mass is 435 g/mol. The van der Waals surface area contributed by atoms with Crippen LogP contribution in [-0.4, -0.2) is 38.6 Å². The fraction of sp³-hybridized carbons (Fsp3) is 0.304. The van der Waals surface area contributed by atoms with Crippen molar-refractivity contribution in [3.63, 3.8) is 0 Å². The van der Waals surface area contributed by atoms with E-state index in [4.69, 9.17) is 9.26 Å². The van der Waals surface area contributed by atoms with Crippen molar-refractivity contribution in [2.75, 3.05) is 13.7 Å². The van der Waals surface area contributed by atoms with Crippen molar-refractivity contribution in [3.8, 4) is 22.8 Å². The van der Waals surface area contributed by atoms with Gasteiger partial charge in [-0.1, -0.05) is 71.9 Å². The molecule has 0 aliphatic carbocycles. The topological polar surface area (TPSA) is 78.9 Å². The molecule has 7 nitrogen and oxygen atoms in total. The normalized spacial score (nSPS) is 11.2. The van der Waals surface area contributed by atoms with Crippen LogP contribution in [-0.2, 0) is 23.5 Å². The standard InChI is InChI=1S/C23H25N5O2S/c1-4-17-8-10-18(11-9-17)21-24-20(30-27-21)15-31-23-26-25-22(28(23)12-13-29-3)19-7-5-6-16(2)14-19/h5-11,14H,4,12-13,15H2,1-3H3. The Labute approximate surface area is 185 Å². The number of hydrogen-bond donors (Lipinski definition) is 0. The van der Waals surface area contributed by atoms with Gasteiger partial charge in [-0.2, -0.15) is 4.98 Å². The van der Waals surface area contributed by atoms with Crippen LogP contribution in [0.4, 0.5) is 0 Å². The van der Waals surface area contributed by atoms with Crippen molar-refractivity contribution in [2.24, 2.45) is 0 Å². The van der Waals surface area contributed by atoms with Crippen molar-refractivity contribution in [3.05, 3.63) is 65.5 Å². The summed E-state index contributed by atoms with van der Waals surface area (Å²) in [4.78, 5) is 4.54. The zero-order valence-corrected chi connectivity index (χ0v) is 18.7. The molecule has 0 saturated carbocycles. The maximum absolute atomic E-state index is 5.46. The predicted octanol–water partition coefficient (Wildman–Crippen LogP) is 4.80. The lowest BCUT2D eigenvalue weighted by molar-refractivity contribution is 0.185. The maximum atomic E-state index is 5.46. The molecule has 0 unspecified atom stereocenters. The van der Waals surface area contributed by atoms with Crippen molar-refractivity contribution in [1.82, 2.24) is 24.9 Å². The Morgan fingerprint density at radius 3 is 2.65 bits per heavy atom. The molecule has 0 N–H and O–H groups in total. The number of aryl methyl sites for hydroxylation is 2. The van der Waals surface area contributed by atoms with E-state index in [0.29, 0.717) is 30.6 Å². The predicted molar refractivity (Wildman–Crippen MR) is 121 cm³/mol. The third kappa shape index (κ3) is 5.03. The SMILES string of the molecule is CCc1ccc(-c2noc(CSc3nnc(-c4cccc(C)c4)n3CCOC)n2)cc1. The molecule has 0 aliphatic heterocycles. The molecule has 2 aromatic carbocycles.